The van der Waals surface area contributed by atoms with E-state index in [1.54, 1.807) is 0 Å². The normalized spacial score (nSPS) is 13.3. The molecule has 26 heavy (non-hydrogen) atoms. The first kappa shape index (κ1) is 18.0. The molecule has 1 aromatic heterocycles. The molecule has 2 aromatic carbocycles. The Hall–Kier alpha value is -2.81. The highest BCUT2D eigenvalue weighted by Gasteiger charge is 2.42. The zero-order chi connectivity index (χ0) is 18.7. The van der Waals surface area contributed by atoms with Gasteiger partial charge >= 0.3 is 5.97 Å². The zero-order valence-electron chi connectivity index (χ0n) is 15.6. The number of benzene rings is 2. The highest BCUT2D eigenvalue weighted by atomic mass is 16.4. The average Bonchev–Trinajstić information content (AvgIpc) is 2.93. The van der Waals surface area contributed by atoms with Crippen LogP contribution in [0.1, 0.15) is 41.4 Å². The fourth-order valence-corrected chi connectivity index (χ4v) is 3.91. The Morgan fingerprint density at radius 2 is 1.58 bits per heavy atom. The van der Waals surface area contributed by atoms with Crippen LogP contribution in [0.5, 0.6) is 0 Å². The van der Waals surface area contributed by atoms with Crippen LogP contribution in [0.4, 0.5) is 0 Å². The lowest BCUT2D eigenvalue weighted by Crippen LogP contribution is -2.37. The molecule has 1 unspecified atom stereocenters. The summed E-state index contributed by atoms with van der Waals surface area (Å²) in [5, 5.41) is 10.2. The maximum Gasteiger partial charge on any atom is 0.318 e. The van der Waals surface area contributed by atoms with Crippen LogP contribution in [0.3, 0.4) is 0 Å². The van der Waals surface area contributed by atoms with E-state index in [9.17, 15) is 9.90 Å². The smallest absolute Gasteiger partial charge is 0.318 e. The van der Waals surface area contributed by atoms with Crippen molar-refractivity contribution in [3.05, 3.63) is 94.8 Å². The number of nitrogens with zero attached hydrogens (tertiary/aromatic N) is 1. The molecule has 0 aliphatic rings. The summed E-state index contributed by atoms with van der Waals surface area (Å²) in [5.41, 5.74) is 3.98. The van der Waals surface area contributed by atoms with Gasteiger partial charge in [0.15, 0.2) is 0 Å². The number of hydrogen-bond acceptors (Lipinski definition) is 1. The van der Waals surface area contributed by atoms with Gasteiger partial charge in [0.1, 0.15) is 5.41 Å². The van der Waals surface area contributed by atoms with E-state index in [1.807, 2.05) is 75.4 Å². The van der Waals surface area contributed by atoms with Gasteiger partial charge in [0.05, 0.1) is 0 Å². The van der Waals surface area contributed by atoms with Crippen LogP contribution in [-0.4, -0.2) is 15.6 Å². The van der Waals surface area contributed by atoms with Crippen molar-refractivity contribution in [1.82, 2.24) is 4.57 Å². The van der Waals surface area contributed by atoms with Crippen LogP contribution >= 0.6 is 0 Å². The number of carboxylic acids is 1. The standard InChI is InChI=1S/C23H25NO2/c1-4-23(22(25)26,20-13-9-6-10-14-20)21-15-17(2)24(18(21)3)16-19-11-7-5-8-12-19/h5-15H,4,16H2,1-3H3,(H,25,26). The molecule has 0 spiro atoms. The largest absolute Gasteiger partial charge is 0.480 e. The minimum absolute atomic E-state index is 0.502. The lowest BCUT2D eigenvalue weighted by molar-refractivity contribution is -0.142. The molecule has 3 nitrogen and oxygen atoms in total. The molecule has 0 radical (unpaired) electrons. The van der Waals surface area contributed by atoms with E-state index in [1.165, 1.54) is 5.56 Å². The van der Waals surface area contributed by atoms with E-state index in [0.717, 1.165) is 29.1 Å². The quantitative estimate of drug-likeness (QED) is 0.687. The van der Waals surface area contributed by atoms with Crippen molar-refractivity contribution in [2.24, 2.45) is 0 Å². The van der Waals surface area contributed by atoms with Gasteiger partial charge in [0, 0.05) is 17.9 Å². The number of aryl methyl sites for hydroxylation is 1. The third kappa shape index (κ3) is 2.94. The lowest BCUT2D eigenvalue weighted by atomic mass is 9.72. The molecular formula is C23H25NO2. The van der Waals surface area contributed by atoms with Crippen LogP contribution in [0.2, 0.25) is 0 Å². The first-order valence-electron chi connectivity index (χ1n) is 9.00. The molecule has 134 valence electrons. The topological polar surface area (TPSA) is 42.2 Å². The fraction of sp³-hybridized carbons (Fsp3) is 0.261. The van der Waals surface area contributed by atoms with Gasteiger partial charge in [-0.1, -0.05) is 67.6 Å². The Morgan fingerprint density at radius 3 is 2.12 bits per heavy atom. The van der Waals surface area contributed by atoms with Gasteiger partial charge in [-0.2, -0.15) is 0 Å². The van der Waals surface area contributed by atoms with E-state index in [0.29, 0.717) is 6.42 Å². The van der Waals surface area contributed by atoms with Crippen LogP contribution in [0, 0.1) is 13.8 Å². The molecular weight excluding hydrogens is 322 g/mol. The predicted octanol–water partition coefficient (Wildman–Crippen LogP) is 4.93. The molecule has 3 heteroatoms. The van der Waals surface area contributed by atoms with Crippen LogP contribution < -0.4 is 0 Å². The number of carboxylic acid groups (broad SMARTS) is 1. The average molecular weight is 347 g/mol. The Balaban J connectivity index is 2.15. The molecule has 0 aliphatic carbocycles. The second kappa shape index (κ2) is 7.20. The number of rotatable bonds is 6. The minimum atomic E-state index is -1.03. The first-order chi connectivity index (χ1) is 12.5. The minimum Gasteiger partial charge on any atom is -0.480 e. The van der Waals surface area contributed by atoms with E-state index in [4.69, 9.17) is 0 Å². The monoisotopic (exact) mass is 347 g/mol. The third-order valence-corrected chi connectivity index (χ3v) is 5.38. The van der Waals surface area contributed by atoms with E-state index in [2.05, 4.69) is 16.7 Å². The molecule has 0 aliphatic heterocycles. The first-order valence-corrected chi connectivity index (χ1v) is 9.00. The fourth-order valence-electron chi connectivity index (χ4n) is 3.91. The second-order valence-electron chi connectivity index (χ2n) is 6.79. The molecule has 0 saturated heterocycles. The molecule has 1 N–H and O–H groups in total. The molecule has 1 atom stereocenters. The summed E-state index contributed by atoms with van der Waals surface area (Å²) in [6, 6.07) is 21.9. The number of hydrogen-bond donors (Lipinski definition) is 1. The van der Waals surface area contributed by atoms with Crippen molar-refractivity contribution < 1.29 is 9.90 Å². The maximum atomic E-state index is 12.5. The predicted molar refractivity (Wildman–Crippen MR) is 105 cm³/mol. The molecule has 3 aromatic rings. The molecule has 0 saturated carbocycles. The molecule has 3 rings (SSSR count). The molecule has 1 heterocycles. The molecule has 0 amide bonds. The number of carbonyl (C=O) groups is 1. The van der Waals surface area contributed by atoms with Gasteiger partial charge in [-0.3, -0.25) is 4.79 Å². The van der Waals surface area contributed by atoms with Gasteiger partial charge in [-0.05, 0) is 43.0 Å². The van der Waals surface area contributed by atoms with Gasteiger partial charge in [-0.25, -0.2) is 0 Å². The summed E-state index contributed by atoms with van der Waals surface area (Å²) in [5.74, 6) is -0.800. The molecule has 0 bridgehead atoms. The summed E-state index contributed by atoms with van der Waals surface area (Å²) in [6.07, 6.45) is 0.502. The SMILES string of the molecule is CCC(C(=O)O)(c1ccccc1)c1cc(C)n(Cc2ccccc2)c1C. The summed E-state index contributed by atoms with van der Waals surface area (Å²) in [6.45, 7) is 6.77. The van der Waals surface area contributed by atoms with Crippen molar-refractivity contribution in [2.45, 2.75) is 39.2 Å². The summed E-state index contributed by atoms with van der Waals surface area (Å²) in [7, 11) is 0. The zero-order valence-corrected chi connectivity index (χ0v) is 15.6. The molecule has 0 fully saturated rings. The second-order valence-corrected chi connectivity index (χ2v) is 6.79. The van der Waals surface area contributed by atoms with E-state index in [-0.39, 0.29) is 0 Å². The van der Waals surface area contributed by atoms with Crippen molar-refractivity contribution in [3.63, 3.8) is 0 Å². The van der Waals surface area contributed by atoms with Crippen molar-refractivity contribution >= 4 is 5.97 Å². The summed E-state index contributed by atoms with van der Waals surface area (Å²) < 4.78 is 2.21. The maximum absolute atomic E-state index is 12.5. The number of aromatic nitrogens is 1. The number of aliphatic carboxylic acids is 1. The summed E-state index contributed by atoms with van der Waals surface area (Å²) >= 11 is 0. The van der Waals surface area contributed by atoms with E-state index >= 15 is 0 Å². The Bertz CT molecular complexity index is 897. The Labute approximate surface area is 154 Å². The van der Waals surface area contributed by atoms with Crippen LogP contribution in [0.25, 0.3) is 0 Å². The third-order valence-electron chi connectivity index (χ3n) is 5.38. The Kier molecular flexibility index (Phi) is 4.99. The lowest BCUT2D eigenvalue weighted by Gasteiger charge is -2.29. The van der Waals surface area contributed by atoms with Crippen molar-refractivity contribution in [1.29, 1.82) is 0 Å². The Morgan fingerprint density at radius 1 is 1.00 bits per heavy atom. The van der Waals surface area contributed by atoms with E-state index < -0.39 is 11.4 Å². The van der Waals surface area contributed by atoms with Crippen molar-refractivity contribution in [3.8, 4) is 0 Å². The van der Waals surface area contributed by atoms with Gasteiger partial charge < -0.3 is 9.67 Å². The van der Waals surface area contributed by atoms with Gasteiger partial charge in [-0.15, -0.1) is 0 Å². The highest BCUT2D eigenvalue weighted by Crippen LogP contribution is 2.39. The van der Waals surface area contributed by atoms with Crippen LogP contribution in [-0.2, 0) is 16.8 Å². The van der Waals surface area contributed by atoms with Crippen molar-refractivity contribution in [2.75, 3.05) is 0 Å². The van der Waals surface area contributed by atoms with Gasteiger partial charge in [0.25, 0.3) is 0 Å². The van der Waals surface area contributed by atoms with Gasteiger partial charge in [0.2, 0.25) is 0 Å². The highest BCUT2D eigenvalue weighted by molar-refractivity contribution is 5.86. The van der Waals surface area contributed by atoms with Crippen LogP contribution in [0.15, 0.2) is 66.7 Å². The summed E-state index contributed by atoms with van der Waals surface area (Å²) in [4.78, 5) is 12.5.